The van der Waals surface area contributed by atoms with Crippen LogP contribution < -0.4 is 0 Å². The average Bonchev–Trinajstić information content (AvgIpc) is 1.99. The van der Waals surface area contributed by atoms with Crippen molar-refractivity contribution in [2.45, 2.75) is 59.6 Å². The van der Waals surface area contributed by atoms with E-state index in [-0.39, 0.29) is 11.6 Å². The van der Waals surface area contributed by atoms with Gasteiger partial charge in [-0.05, 0) is 38.5 Å². The van der Waals surface area contributed by atoms with Crippen LogP contribution in [-0.4, -0.2) is 34.7 Å². The molecule has 0 amide bonds. The van der Waals surface area contributed by atoms with E-state index in [1.165, 1.54) is 0 Å². The summed E-state index contributed by atoms with van der Waals surface area (Å²) >= 11 is 0. The van der Waals surface area contributed by atoms with E-state index in [2.05, 4.69) is 46.4 Å². The van der Waals surface area contributed by atoms with Crippen LogP contribution in [0.4, 0.5) is 0 Å². The standard InChI is InChI=1S/C13H27NO/c1-12(2,3)10-7-11(15)9-14(8-10)13(4,5)6/h10-11,15H,7-9H2,1-6H3/t10-,11-/m1/s1. The Morgan fingerprint density at radius 2 is 1.53 bits per heavy atom. The van der Waals surface area contributed by atoms with Crippen molar-refractivity contribution in [2.75, 3.05) is 13.1 Å². The molecule has 1 N–H and O–H groups in total. The monoisotopic (exact) mass is 213 g/mol. The summed E-state index contributed by atoms with van der Waals surface area (Å²) in [4.78, 5) is 2.41. The largest absolute Gasteiger partial charge is 0.392 e. The molecule has 0 aromatic rings. The minimum Gasteiger partial charge on any atom is -0.392 e. The van der Waals surface area contributed by atoms with Gasteiger partial charge in [-0.25, -0.2) is 0 Å². The Morgan fingerprint density at radius 3 is 1.93 bits per heavy atom. The Balaban J connectivity index is 2.73. The topological polar surface area (TPSA) is 23.5 Å². The second-order valence-corrected chi connectivity index (χ2v) is 7.03. The van der Waals surface area contributed by atoms with Gasteiger partial charge in [0, 0.05) is 18.6 Å². The first-order valence-corrected chi connectivity index (χ1v) is 6.04. The smallest absolute Gasteiger partial charge is 0.0670 e. The van der Waals surface area contributed by atoms with E-state index < -0.39 is 0 Å². The average molecular weight is 213 g/mol. The Bertz CT molecular complexity index is 190. The molecule has 1 aliphatic heterocycles. The van der Waals surface area contributed by atoms with E-state index in [9.17, 15) is 5.11 Å². The quantitative estimate of drug-likeness (QED) is 0.668. The molecule has 90 valence electrons. The van der Waals surface area contributed by atoms with Crippen molar-refractivity contribution < 1.29 is 5.11 Å². The van der Waals surface area contributed by atoms with E-state index in [0.717, 1.165) is 19.5 Å². The zero-order valence-corrected chi connectivity index (χ0v) is 11.2. The van der Waals surface area contributed by atoms with Gasteiger partial charge < -0.3 is 5.11 Å². The molecule has 0 aromatic carbocycles. The highest BCUT2D eigenvalue weighted by molar-refractivity contribution is 4.90. The van der Waals surface area contributed by atoms with E-state index in [0.29, 0.717) is 11.3 Å². The van der Waals surface area contributed by atoms with Crippen molar-refractivity contribution in [2.24, 2.45) is 11.3 Å². The maximum absolute atomic E-state index is 9.94. The Hall–Kier alpha value is -0.0800. The molecule has 2 heteroatoms. The van der Waals surface area contributed by atoms with Crippen LogP contribution in [0.2, 0.25) is 0 Å². The van der Waals surface area contributed by atoms with Gasteiger partial charge in [0.25, 0.3) is 0 Å². The zero-order chi connectivity index (χ0) is 11.9. The first-order chi connectivity index (χ1) is 6.60. The molecule has 1 aliphatic rings. The molecule has 0 bridgehead atoms. The van der Waals surface area contributed by atoms with E-state index >= 15 is 0 Å². The van der Waals surface area contributed by atoms with Crippen LogP contribution in [-0.2, 0) is 0 Å². The summed E-state index contributed by atoms with van der Waals surface area (Å²) < 4.78 is 0. The lowest BCUT2D eigenvalue weighted by Crippen LogP contribution is -2.54. The fourth-order valence-electron chi connectivity index (χ4n) is 2.25. The molecule has 0 aliphatic carbocycles. The Morgan fingerprint density at radius 1 is 1.00 bits per heavy atom. The summed E-state index contributed by atoms with van der Waals surface area (Å²) in [7, 11) is 0. The van der Waals surface area contributed by atoms with Gasteiger partial charge in [-0.2, -0.15) is 0 Å². The highest BCUT2D eigenvalue weighted by Crippen LogP contribution is 2.35. The van der Waals surface area contributed by atoms with Crippen LogP contribution in [0.25, 0.3) is 0 Å². The molecule has 1 saturated heterocycles. The lowest BCUT2D eigenvalue weighted by Gasteiger charge is -2.47. The Labute approximate surface area is 94.7 Å². The van der Waals surface area contributed by atoms with Gasteiger partial charge in [0.05, 0.1) is 6.10 Å². The second kappa shape index (κ2) is 4.06. The molecule has 15 heavy (non-hydrogen) atoms. The summed E-state index contributed by atoms with van der Waals surface area (Å²) in [5, 5.41) is 9.94. The number of nitrogens with zero attached hydrogens (tertiary/aromatic N) is 1. The molecule has 0 unspecified atom stereocenters. The zero-order valence-electron chi connectivity index (χ0n) is 11.2. The van der Waals surface area contributed by atoms with Gasteiger partial charge in [-0.15, -0.1) is 0 Å². The van der Waals surface area contributed by atoms with Gasteiger partial charge >= 0.3 is 0 Å². The fraction of sp³-hybridized carbons (Fsp3) is 1.00. The summed E-state index contributed by atoms with van der Waals surface area (Å²) in [5.41, 5.74) is 0.468. The lowest BCUT2D eigenvalue weighted by molar-refractivity contribution is -0.0321. The molecular formula is C13H27NO. The van der Waals surface area contributed by atoms with Crippen LogP contribution in [0.5, 0.6) is 0 Å². The molecule has 2 atom stereocenters. The summed E-state index contributed by atoms with van der Waals surface area (Å²) in [6.07, 6.45) is 0.804. The van der Waals surface area contributed by atoms with Crippen molar-refractivity contribution in [3.63, 3.8) is 0 Å². The number of piperidine rings is 1. The molecule has 1 heterocycles. The predicted octanol–water partition coefficient (Wildman–Crippen LogP) is 2.51. The van der Waals surface area contributed by atoms with Crippen molar-refractivity contribution in [3.8, 4) is 0 Å². The van der Waals surface area contributed by atoms with Gasteiger partial charge in [0.2, 0.25) is 0 Å². The fourth-order valence-corrected chi connectivity index (χ4v) is 2.25. The minimum atomic E-state index is -0.151. The van der Waals surface area contributed by atoms with Crippen LogP contribution in [0.15, 0.2) is 0 Å². The van der Waals surface area contributed by atoms with E-state index in [4.69, 9.17) is 0 Å². The first kappa shape index (κ1) is 13.0. The summed E-state index contributed by atoms with van der Waals surface area (Å²) in [6.45, 7) is 15.4. The third-order valence-corrected chi connectivity index (χ3v) is 3.60. The van der Waals surface area contributed by atoms with Crippen molar-refractivity contribution in [3.05, 3.63) is 0 Å². The van der Waals surface area contributed by atoms with Crippen LogP contribution in [0.1, 0.15) is 48.0 Å². The number of rotatable bonds is 0. The lowest BCUT2D eigenvalue weighted by atomic mass is 9.75. The van der Waals surface area contributed by atoms with Crippen molar-refractivity contribution >= 4 is 0 Å². The number of aliphatic hydroxyl groups is 1. The maximum atomic E-state index is 9.94. The number of aliphatic hydroxyl groups excluding tert-OH is 1. The van der Waals surface area contributed by atoms with Crippen molar-refractivity contribution in [1.29, 1.82) is 0 Å². The number of hydrogen-bond acceptors (Lipinski definition) is 2. The van der Waals surface area contributed by atoms with Gasteiger partial charge in [-0.3, -0.25) is 4.90 Å². The van der Waals surface area contributed by atoms with Gasteiger partial charge in [-0.1, -0.05) is 20.8 Å². The van der Waals surface area contributed by atoms with Crippen LogP contribution in [0, 0.1) is 11.3 Å². The number of likely N-dealkylation sites (tertiary alicyclic amines) is 1. The normalized spacial score (nSPS) is 30.6. The highest BCUT2D eigenvalue weighted by Gasteiger charge is 2.36. The molecule has 0 spiro atoms. The second-order valence-electron chi connectivity index (χ2n) is 7.03. The van der Waals surface area contributed by atoms with Gasteiger partial charge in [0.15, 0.2) is 0 Å². The number of hydrogen-bond donors (Lipinski definition) is 1. The molecule has 0 aromatic heterocycles. The SMILES string of the molecule is CC(C)(C)[C@@H]1C[C@@H](O)CN(C(C)(C)C)C1. The minimum absolute atomic E-state index is 0.151. The molecule has 1 fully saturated rings. The predicted molar refractivity (Wildman–Crippen MR) is 64.9 cm³/mol. The first-order valence-electron chi connectivity index (χ1n) is 6.04. The van der Waals surface area contributed by atoms with E-state index in [1.807, 2.05) is 0 Å². The third kappa shape index (κ3) is 3.46. The Kier molecular flexibility index (Phi) is 3.52. The molecular weight excluding hydrogens is 186 g/mol. The molecule has 1 rings (SSSR count). The summed E-state index contributed by atoms with van der Waals surface area (Å²) in [6, 6.07) is 0. The van der Waals surface area contributed by atoms with Crippen molar-refractivity contribution in [1.82, 2.24) is 4.90 Å². The summed E-state index contributed by atoms with van der Waals surface area (Å²) in [5.74, 6) is 0.598. The van der Waals surface area contributed by atoms with Crippen LogP contribution >= 0.6 is 0 Å². The van der Waals surface area contributed by atoms with Crippen LogP contribution in [0.3, 0.4) is 0 Å². The number of β-amino-alcohol motifs (C(OH)–C–C–N with tert-alkyl or cyclic N) is 1. The van der Waals surface area contributed by atoms with Gasteiger partial charge in [0.1, 0.15) is 0 Å². The molecule has 0 saturated carbocycles. The van der Waals surface area contributed by atoms with E-state index in [1.54, 1.807) is 0 Å². The maximum Gasteiger partial charge on any atom is 0.0670 e. The third-order valence-electron chi connectivity index (χ3n) is 3.60. The highest BCUT2D eigenvalue weighted by atomic mass is 16.3. The molecule has 2 nitrogen and oxygen atoms in total. The molecule has 0 radical (unpaired) electrons.